The molecule has 2 aliphatic rings. The topological polar surface area (TPSA) is 134 Å². The van der Waals surface area contributed by atoms with Gasteiger partial charge < -0.3 is 29.5 Å². The number of aryl methyl sites for hydroxylation is 2. The van der Waals surface area contributed by atoms with Crippen molar-refractivity contribution in [3.05, 3.63) is 65.1 Å². The Morgan fingerprint density at radius 2 is 1.72 bits per heavy atom. The normalized spacial score (nSPS) is 16.4. The highest BCUT2D eigenvalue weighted by Crippen LogP contribution is 2.32. The van der Waals surface area contributed by atoms with E-state index in [9.17, 15) is 19.2 Å². The summed E-state index contributed by atoms with van der Waals surface area (Å²) in [5.74, 6) is -0.583. The van der Waals surface area contributed by atoms with Gasteiger partial charge in [0.25, 0.3) is 11.8 Å². The monoisotopic (exact) mass is 630 g/mol. The summed E-state index contributed by atoms with van der Waals surface area (Å²) in [5, 5.41) is 3.35. The van der Waals surface area contributed by atoms with Gasteiger partial charge in [0.2, 0.25) is 5.91 Å². The number of benzene rings is 1. The Kier molecular flexibility index (Phi) is 10.7. The van der Waals surface area contributed by atoms with Gasteiger partial charge in [-0.15, -0.1) is 0 Å². The van der Waals surface area contributed by atoms with E-state index in [2.05, 4.69) is 15.3 Å². The van der Waals surface area contributed by atoms with Gasteiger partial charge in [0, 0.05) is 49.9 Å². The van der Waals surface area contributed by atoms with E-state index in [0.29, 0.717) is 56.0 Å². The molecule has 12 nitrogen and oxygen atoms in total. The molecule has 2 fully saturated rings. The van der Waals surface area contributed by atoms with Crippen LogP contribution >= 0.6 is 0 Å². The summed E-state index contributed by atoms with van der Waals surface area (Å²) in [6.07, 6.45) is 3.11. The summed E-state index contributed by atoms with van der Waals surface area (Å²) in [5.41, 5.74) is 3.36. The van der Waals surface area contributed by atoms with E-state index in [-0.39, 0.29) is 42.8 Å². The first-order chi connectivity index (χ1) is 22.2. The zero-order valence-electron chi connectivity index (χ0n) is 26.8. The van der Waals surface area contributed by atoms with E-state index in [1.165, 1.54) is 6.07 Å². The second kappa shape index (κ2) is 15.0. The second-order valence-corrected chi connectivity index (χ2v) is 11.8. The molecular formula is C34H42N6O6. The SMILES string of the molecule is CCCCOC(=O)N1CCN(C(=O)CNC(=O)c2cc(OCC(=O)N3CCCC3c3cccc(C)n3)c3ccc(C)cc3n2)CC1. The number of hydrogen-bond acceptors (Lipinski definition) is 8. The van der Waals surface area contributed by atoms with Gasteiger partial charge in [-0.05, 0) is 62.9 Å². The number of piperazine rings is 1. The van der Waals surface area contributed by atoms with Gasteiger partial charge in [0.1, 0.15) is 11.4 Å². The third-order valence-electron chi connectivity index (χ3n) is 8.35. The van der Waals surface area contributed by atoms with Crippen molar-refractivity contribution in [3.63, 3.8) is 0 Å². The lowest BCUT2D eigenvalue weighted by molar-refractivity contribution is -0.134. The Labute approximate surface area is 269 Å². The Balaban J connectivity index is 1.20. The van der Waals surface area contributed by atoms with Gasteiger partial charge in [-0.25, -0.2) is 9.78 Å². The number of carbonyl (C=O) groups is 4. The molecule has 0 spiro atoms. The molecular weight excluding hydrogens is 588 g/mol. The van der Waals surface area contributed by atoms with E-state index < -0.39 is 5.91 Å². The number of pyridine rings is 2. The number of amides is 4. The van der Waals surface area contributed by atoms with Crippen molar-refractivity contribution in [1.82, 2.24) is 30.0 Å². The van der Waals surface area contributed by atoms with Crippen LogP contribution in [0.3, 0.4) is 0 Å². The second-order valence-electron chi connectivity index (χ2n) is 11.8. The standard InChI is InChI=1S/C34H42N6O6/c1-4-5-18-45-34(44)39-16-14-38(15-17-39)31(41)21-35-33(43)28-20-30(25-12-11-23(2)19-27(25)37-28)46-22-32(42)40-13-7-10-29(40)26-9-6-8-24(3)36-26/h6,8-9,11-12,19-20,29H,4-5,7,10,13-18,21-22H2,1-3H3,(H,35,43). The maximum Gasteiger partial charge on any atom is 0.409 e. The predicted octanol–water partition coefficient (Wildman–Crippen LogP) is 3.80. The summed E-state index contributed by atoms with van der Waals surface area (Å²) in [6.45, 7) is 7.93. The number of ether oxygens (including phenoxy) is 2. The molecule has 2 aliphatic heterocycles. The van der Waals surface area contributed by atoms with Crippen molar-refractivity contribution in [3.8, 4) is 5.75 Å². The molecule has 1 atom stereocenters. The minimum absolute atomic E-state index is 0.0796. The van der Waals surface area contributed by atoms with Crippen molar-refractivity contribution >= 4 is 34.7 Å². The Hall–Kier alpha value is -4.74. The van der Waals surface area contributed by atoms with Crippen LogP contribution in [0.25, 0.3) is 10.9 Å². The molecule has 4 heterocycles. The first kappa shape index (κ1) is 32.6. The Bertz CT molecular complexity index is 1590. The smallest absolute Gasteiger partial charge is 0.409 e. The number of hydrogen-bond donors (Lipinski definition) is 1. The first-order valence-electron chi connectivity index (χ1n) is 16.0. The zero-order chi connectivity index (χ0) is 32.6. The van der Waals surface area contributed by atoms with Crippen LogP contribution < -0.4 is 10.1 Å². The van der Waals surface area contributed by atoms with Crippen molar-refractivity contribution in [2.45, 2.75) is 52.5 Å². The van der Waals surface area contributed by atoms with Crippen LogP contribution in [0, 0.1) is 13.8 Å². The zero-order valence-corrected chi connectivity index (χ0v) is 26.8. The molecule has 12 heteroatoms. The molecule has 2 aromatic heterocycles. The van der Waals surface area contributed by atoms with Gasteiger partial charge in [-0.1, -0.05) is 25.5 Å². The van der Waals surface area contributed by atoms with Crippen LogP contribution in [-0.2, 0) is 14.3 Å². The van der Waals surface area contributed by atoms with Crippen molar-refractivity contribution < 1.29 is 28.7 Å². The van der Waals surface area contributed by atoms with Crippen LogP contribution in [0.5, 0.6) is 5.75 Å². The molecule has 2 saturated heterocycles. The Morgan fingerprint density at radius 1 is 0.935 bits per heavy atom. The average molecular weight is 631 g/mol. The summed E-state index contributed by atoms with van der Waals surface area (Å²) in [7, 11) is 0. The van der Waals surface area contributed by atoms with Gasteiger partial charge in [-0.2, -0.15) is 0 Å². The molecule has 1 N–H and O–H groups in total. The maximum absolute atomic E-state index is 13.3. The maximum atomic E-state index is 13.3. The Morgan fingerprint density at radius 3 is 2.48 bits per heavy atom. The molecule has 0 aliphatic carbocycles. The van der Waals surface area contributed by atoms with Crippen LogP contribution in [-0.4, -0.2) is 101 Å². The third-order valence-corrected chi connectivity index (χ3v) is 8.35. The fourth-order valence-electron chi connectivity index (χ4n) is 5.78. The number of fused-ring (bicyclic) bond motifs is 1. The quantitative estimate of drug-likeness (QED) is 0.335. The molecule has 0 saturated carbocycles. The number of nitrogens with one attached hydrogen (secondary N) is 1. The first-order valence-corrected chi connectivity index (χ1v) is 16.0. The highest BCUT2D eigenvalue weighted by molar-refractivity contribution is 5.98. The lowest BCUT2D eigenvalue weighted by atomic mass is 10.1. The van der Waals surface area contributed by atoms with Gasteiger partial charge in [0.05, 0.1) is 30.4 Å². The number of carbonyl (C=O) groups excluding carboxylic acids is 4. The van der Waals surface area contributed by atoms with Crippen LogP contribution in [0.2, 0.25) is 0 Å². The fraction of sp³-hybridized carbons (Fsp3) is 0.471. The average Bonchev–Trinajstić information content (AvgIpc) is 3.56. The van der Waals surface area contributed by atoms with Gasteiger partial charge in [0.15, 0.2) is 6.61 Å². The number of likely N-dealkylation sites (tertiary alicyclic amines) is 1. The van der Waals surface area contributed by atoms with E-state index in [1.807, 2.05) is 62.1 Å². The predicted molar refractivity (Wildman–Crippen MR) is 171 cm³/mol. The minimum Gasteiger partial charge on any atom is -0.483 e. The van der Waals surface area contributed by atoms with Gasteiger partial charge in [-0.3, -0.25) is 19.4 Å². The van der Waals surface area contributed by atoms with E-state index >= 15 is 0 Å². The highest BCUT2D eigenvalue weighted by Gasteiger charge is 2.31. The highest BCUT2D eigenvalue weighted by atomic mass is 16.6. The molecule has 5 rings (SSSR count). The molecule has 3 aromatic rings. The summed E-state index contributed by atoms with van der Waals surface area (Å²) in [4.78, 5) is 65.8. The third kappa shape index (κ3) is 7.91. The molecule has 0 bridgehead atoms. The number of aromatic nitrogens is 2. The van der Waals surface area contributed by atoms with Crippen LogP contribution in [0.1, 0.15) is 66.1 Å². The van der Waals surface area contributed by atoms with E-state index in [0.717, 1.165) is 42.6 Å². The molecule has 46 heavy (non-hydrogen) atoms. The summed E-state index contributed by atoms with van der Waals surface area (Å²) >= 11 is 0. The van der Waals surface area contributed by atoms with Crippen LogP contribution in [0.15, 0.2) is 42.5 Å². The minimum atomic E-state index is -0.531. The lowest BCUT2D eigenvalue weighted by Crippen LogP contribution is -2.52. The number of nitrogens with zero attached hydrogens (tertiary/aromatic N) is 5. The molecule has 1 aromatic carbocycles. The summed E-state index contributed by atoms with van der Waals surface area (Å²) in [6, 6.07) is 12.9. The van der Waals surface area contributed by atoms with Crippen molar-refractivity contribution in [1.29, 1.82) is 0 Å². The van der Waals surface area contributed by atoms with Crippen molar-refractivity contribution in [2.24, 2.45) is 0 Å². The summed E-state index contributed by atoms with van der Waals surface area (Å²) < 4.78 is 11.3. The largest absolute Gasteiger partial charge is 0.483 e. The molecule has 244 valence electrons. The van der Waals surface area contributed by atoms with Gasteiger partial charge >= 0.3 is 6.09 Å². The molecule has 1 unspecified atom stereocenters. The lowest BCUT2D eigenvalue weighted by Gasteiger charge is -2.34. The molecule has 4 amide bonds. The number of rotatable bonds is 10. The fourth-order valence-corrected chi connectivity index (χ4v) is 5.78. The van der Waals surface area contributed by atoms with E-state index in [4.69, 9.17) is 9.47 Å². The van der Waals surface area contributed by atoms with E-state index in [1.54, 1.807) is 9.80 Å². The number of unbranched alkanes of at least 4 members (excludes halogenated alkanes) is 1. The van der Waals surface area contributed by atoms with Crippen LogP contribution in [0.4, 0.5) is 4.79 Å². The van der Waals surface area contributed by atoms with Crippen molar-refractivity contribution in [2.75, 3.05) is 52.5 Å². The molecule has 0 radical (unpaired) electrons.